The number of amides is 2. The van der Waals surface area contributed by atoms with Crippen LogP contribution in [0.2, 0.25) is 0 Å². The Balaban J connectivity index is 2.46. The first kappa shape index (κ1) is 14.4. The number of aliphatic hydroxyl groups excluding tert-OH is 1. The third-order valence-corrected chi connectivity index (χ3v) is 3.22. The minimum Gasteiger partial charge on any atom is -0.480 e. The quantitative estimate of drug-likeness (QED) is 0.607. The van der Waals surface area contributed by atoms with E-state index in [9.17, 15) is 14.7 Å². The molecule has 1 aromatic heterocycles. The summed E-state index contributed by atoms with van der Waals surface area (Å²) < 4.78 is 0. The number of nitrogens with zero attached hydrogens (tertiary/aromatic N) is 1. The number of rotatable bonds is 5. The maximum absolute atomic E-state index is 11.5. The molecule has 1 rings (SSSR count). The van der Waals surface area contributed by atoms with E-state index in [0.29, 0.717) is 0 Å². The summed E-state index contributed by atoms with van der Waals surface area (Å²) in [6, 6.07) is -1.97. The lowest BCUT2D eigenvalue weighted by Crippen LogP contribution is -2.50. The molecule has 100 valence electrons. The number of hydrogen-bond acceptors (Lipinski definition) is 5. The Hall–Kier alpha value is -1.67. The number of urea groups is 1. The van der Waals surface area contributed by atoms with Crippen LogP contribution in [-0.2, 0) is 11.3 Å². The Morgan fingerprint density at radius 2 is 2.22 bits per heavy atom. The van der Waals surface area contributed by atoms with Gasteiger partial charge in [-0.25, -0.2) is 14.6 Å². The molecule has 0 spiro atoms. The molecule has 2 unspecified atom stereocenters. The standard InChI is InChI=1S/C10H15N3O4S/c1-5-7(18-4-12-5)3-11-10(17)13-8(6(2)14)9(15)16/h4,6,8,14H,3H2,1-2H3,(H,15,16)(H2,11,13,17). The lowest BCUT2D eigenvalue weighted by Gasteiger charge is -2.17. The molecular formula is C10H15N3O4S. The summed E-state index contributed by atoms with van der Waals surface area (Å²) in [6.45, 7) is 3.39. The van der Waals surface area contributed by atoms with Gasteiger partial charge in [-0.1, -0.05) is 0 Å². The zero-order valence-electron chi connectivity index (χ0n) is 10.0. The van der Waals surface area contributed by atoms with Crippen LogP contribution >= 0.6 is 11.3 Å². The predicted octanol–water partition coefficient (Wildman–Crippen LogP) is 0.0847. The highest BCUT2D eigenvalue weighted by Crippen LogP contribution is 2.10. The Bertz CT molecular complexity index is 433. The molecule has 0 saturated heterocycles. The van der Waals surface area contributed by atoms with Crippen LogP contribution in [0.5, 0.6) is 0 Å². The van der Waals surface area contributed by atoms with Crippen molar-refractivity contribution in [1.82, 2.24) is 15.6 Å². The van der Waals surface area contributed by atoms with Gasteiger partial charge in [0.1, 0.15) is 0 Å². The minimum absolute atomic E-state index is 0.272. The van der Waals surface area contributed by atoms with E-state index in [1.807, 2.05) is 6.92 Å². The van der Waals surface area contributed by atoms with Crippen LogP contribution in [0, 0.1) is 6.92 Å². The Labute approximate surface area is 108 Å². The molecular weight excluding hydrogens is 258 g/mol. The van der Waals surface area contributed by atoms with E-state index in [1.165, 1.54) is 18.3 Å². The van der Waals surface area contributed by atoms with Crippen molar-refractivity contribution < 1.29 is 19.8 Å². The smallest absolute Gasteiger partial charge is 0.328 e. The Kier molecular flexibility index (Phi) is 5.05. The number of carbonyl (C=O) groups excluding carboxylic acids is 1. The second-order valence-corrected chi connectivity index (χ2v) is 4.68. The molecule has 4 N–H and O–H groups in total. The SMILES string of the molecule is Cc1ncsc1CNC(=O)NC(C(=O)O)C(C)O. The van der Waals surface area contributed by atoms with E-state index in [-0.39, 0.29) is 6.54 Å². The third-order valence-electron chi connectivity index (χ3n) is 2.29. The van der Waals surface area contributed by atoms with Crippen molar-refractivity contribution in [3.05, 3.63) is 16.1 Å². The lowest BCUT2D eigenvalue weighted by molar-refractivity contribution is -0.141. The molecule has 0 aliphatic heterocycles. The van der Waals surface area contributed by atoms with Crippen molar-refractivity contribution in [3.8, 4) is 0 Å². The largest absolute Gasteiger partial charge is 0.480 e. The van der Waals surface area contributed by atoms with Gasteiger partial charge < -0.3 is 20.8 Å². The number of carbonyl (C=O) groups is 2. The van der Waals surface area contributed by atoms with Crippen molar-refractivity contribution in [2.75, 3.05) is 0 Å². The highest BCUT2D eigenvalue weighted by atomic mass is 32.1. The number of carboxylic acids is 1. The van der Waals surface area contributed by atoms with Gasteiger partial charge in [0.25, 0.3) is 0 Å². The van der Waals surface area contributed by atoms with Gasteiger partial charge >= 0.3 is 12.0 Å². The molecule has 1 heterocycles. The van der Waals surface area contributed by atoms with Crippen molar-refractivity contribution >= 4 is 23.3 Å². The fourth-order valence-corrected chi connectivity index (χ4v) is 1.95. The van der Waals surface area contributed by atoms with Crippen LogP contribution in [0.15, 0.2) is 5.51 Å². The maximum Gasteiger partial charge on any atom is 0.328 e. The fraction of sp³-hybridized carbons (Fsp3) is 0.500. The van der Waals surface area contributed by atoms with Crippen LogP contribution in [0.3, 0.4) is 0 Å². The van der Waals surface area contributed by atoms with Crippen LogP contribution in [-0.4, -0.2) is 39.3 Å². The second-order valence-electron chi connectivity index (χ2n) is 3.74. The first-order chi connectivity index (χ1) is 8.41. The predicted molar refractivity (Wildman–Crippen MR) is 65.3 cm³/mol. The number of aryl methyl sites for hydroxylation is 1. The molecule has 0 aliphatic carbocycles. The molecule has 1 aromatic rings. The van der Waals surface area contributed by atoms with Crippen molar-refractivity contribution in [1.29, 1.82) is 0 Å². The van der Waals surface area contributed by atoms with Crippen molar-refractivity contribution in [3.63, 3.8) is 0 Å². The average molecular weight is 273 g/mol. The first-order valence-electron chi connectivity index (χ1n) is 5.26. The molecule has 7 nitrogen and oxygen atoms in total. The Morgan fingerprint density at radius 3 is 2.67 bits per heavy atom. The molecule has 0 radical (unpaired) electrons. The van der Waals surface area contributed by atoms with Crippen molar-refractivity contribution in [2.45, 2.75) is 32.5 Å². The number of aliphatic carboxylic acids is 1. The molecule has 0 saturated carbocycles. The van der Waals surface area contributed by atoms with Crippen LogP contribution in [0.25, 0.3) is 0 Å². The lowest BCUT2D eigenvalue weighted by atomic mass is 10.2. The van der Waals surface area contributed by atoms with E-state index in [2.05, 4.69) is 15.6 Å². The molecule has 18 heavy (non-hydrogen) atoms. The number of thiazole rings is 1. The van der Waals surface area contributed by atoms with Crippen LogP contribution < -0.4 is 10.6 Å². The first-order valence-corrected chi connectivity index (χ1v) is 6.14. The Morgan fingerprint density at radius 1 is 1.56 bits per heavy atom. The number of nitrogens with one attached hydrogen (secondary N) is 2. The van der Waals surface area contributed by atoms with Gasteiger partial charge in [0.2, 0.25) is 0 Å². The van der Waals surface area contributed by atoms with Gasteiger partial charge in [0.15, 0.2) is 6.04 Å². The summed E-state index contributed by atoms with van der Waals surface area (Å²) in [5, 5.41) is 22.7. The maximum atomic E-state index is 11.5. The zero-order valence-corrected chi connectivity index (χ0v) is 10.8. The number of aliphatic hydroxyl groups is 1. The molecule has 2 amide bonds. The molecule has 8 heteroatoms. The summed E-state index contributed by atoms with van der Waals surface area (Å²) >= 11 is 1.40. The van der Waals surface area contributed by atoms with E-state index < -0.39 is 24.1 Å². The zero-order chi connectivity index (χ0) is 13.7. The van der Waals surface area contributed by atoms with E-state index in [1.54, 1.807) is 5.51 Å². The average Bonchev–Trinajstić information content (AvgIpc) is 2.68. The number of hydrogen-bond donors (Lipinski definition) is 4. The summed E-state index contributed by atoms with van der Waals surface area (Å²) in [5.41, 5.74) is 2.49. The molecule has 0 bridgehead atoms. The highest BCUT2D eigenvalue weighted by molar-refractivity contribution is 7.09. The molecule has 0 aromatic carbocycles. The second kappa shape index (κ2) is 6.31. The highest BCUT2D eigenvalue weighted by Gasteiger charge is 2.24. The van der Waals surface area contributed by atoms with Crippen LogP contribution in [0.4, 0.5) is 4.79 Å². The summed E-state index contributed by atoms with van der Waals surface area (Å²) in [4.78, 5) is 27.1. The summed E-state index contributed by atoms with van der Waals surface area (Å²) in [5.74, 6) is -1.28. The molecule has 0 aliphatic rings. The van der Waals surface area contributed by atoms with E-state index in [4.69, 9.17) is 5.11 Å². The fourth-order valence-electron chi connectivity index (χ4n) is 1.24. The number of carboxylic acid groups (broad SMARTS) is 1. The summed E-state index contributed by atoms with van der Waals surface area (Å²) in [6.07, 6.45) is -1.17. The number of aromatic nitrogens is 1. The van der Waals surface area contributed by atoms with Gasteiger partial charge in [0, 0.05) is 4.88 Å². The van der Waals surface area contributed by atoms with Gasteiger partial charge in [-0.05, 0) is 13.8 Å². The van der Waals surface area contributed by atoms with Gasteiger partial charge in [-0.3, -0.25) is 0 Å². The van der Waals surface area contributed by atoms with E-state index in [0.717, 1.165) is 10.6 Å². The van der Waals surface area contributed by atoms with Gasteiger partial charge in [0.05, 0.1) is 23.9 Å². The molecule has 0 fully saturated rings. The van der Waals surface area contributed by atoms with Gasteiger partial charge in [-0.2, -0.15) is 0 Å². The van der Waals surface area contributed by atoms with Crippen LogP contribution in [0.1, 0.15) is 17.5 Å². The normalized spacial score (nSPS) is 13.7. The van der Waals surface area contributed by atoms with Gasteiger partial charge in [-0.15, -0.1) is 11.3 Å². The molecule has 2 atom stereocenters. The van der Waals surface area contributed by atoms with Crippen molar-refractivity contribution in [2.24, 2.45) is 0 Å². The monoisotopic (exact) mass is 273 g/mol. The topological polar surface area (TPSA) is 112 Å². The van der Waals surface area contributed by atoms with E-state index >= 15 is 0 Å². The summed E-state index contributed by atoms with van der Waals surface area (Å²) in [7, 11) is 0. The third kappa shape index (κ3) is 3.97. The minimum atomic E-state index is -1.33.